The monoisotopic (exact) mass is 250 g/mol. The summed E-state index contributed by atoms with van der Waals surface area (Å²) < 4.78 is 0. The van der Waals surface area contributed by atoms with Gasteiger partial charge in [-0.25, -0.2) is 0 Å². The summed E-state index contributed by atoms with van der Waals surface area (Å²) in [5, 5.41) is 4.11. The van der Waals surface area contributed by atoms with Crippen LogP contribution in [0.1, 0.15) is 19.4 Å². The highest BCUT2D eigenvalue weighted by molar-refractivity contribution is 8.00. The number of nitrogens with one attached hydrogen (secondary N) is 1. The predicted molar refractivity (Wildman–Crippen MR) is 78.0 cm³/mol. The average Bonchev–Trinajstić information content (AvgIpc) is 2.37. The fourth-order valence-electron chi connectivity index (χ4n) is 2.15. The maximum Gasteiger partial charge on any atom is 0.0367 e. The number of hydrogen-bond acceptors (Lipinski definition) is 3. The van der Waals surface area contributed by atoms with Gasteiger partial charge in [0.25, 0.3) is 0 Å². The summed E-state index contributed by atoms with van der Waals surface area (Å²) in [5.41, 5.74) is 2.74. The molecule has 0 aliphatic carbocycles. The fraction of sp³-hybridized carbons (Fsp3) is 0.571. The van der Waals surface area contributed by atoms with Gasteiger partial charge >= 0.3 is 0 Å². The Morgan fingerprint density at radius 3 is 2.76 bits per heavy atom. The number of benzene rings is 1. The lowest BCUT2D eigenvalue weighted by Crippen LogP contribution is -2.36. The number of rotatable bonds is 4. The minimum absolute atomic E-state index is 0.755. The van der Waals surface area contributed by atoms with Crippen LogP contribution in [0.3, 0.4) is 0 Å². The first-order valence-electron chi connectivity index (χ1n) is 6.46. The lowest BCUT2D eigenvalue weighted by molar-refractivity contribution is 0.726. The first-order valence-corrected chi connectivity index (χ1v) is 7.50. The summed E-state index contributed by atoms with van der Waals surface area (Å²) in [6.45, 7) is 8.82. The molecule has 1 saturated heterocycles. The molecule has 1 aromatic rings. The van der Waals surface area contributed by atoms with E-state index in [-0.39, 0.29) is 0 Å². The van der Waals surface area contributed by atoms with Crippen LogP contribution in [-0.4, -0.2) is 30.6 Å². The molecule has 0 bridgehead atoms. The van der Waals surface area contributed by atoms with Crippen molar-refractivity contribution in [2.75, 3.05) is 30.3 Å². The van der Waals surface area contributed by atoms with Gasteiger partial charge in [0.15, 0.2) is 0 Å². The van der Waals surface area contributed by atoms with Crippen LogP contribution in [0.15, 0.2) is 24.3 Å². The van der Waals surface area contributed by atoms with Gasteiger partial charge in [0.2, 0.25) is 0 Å². The second-order valence-corrected chi connectivity index (χ2v) is 6.12. The summed E-state index contributed by atoms with van der Waals surface area (Å²) in [6, 6.07) is 9.00. The van der Waals surface area contributed by atoms with E-state index in [4.69, 9.17) is 0 Å². The first kappa shape index (κ1) is 12.8. The van der Waals surface area contributed by atoms with Crippen molar-refractivity contribution in [1.29, 1.82) is 0 Å². The van der Waals surface area contributed by atoms with E-state index >= 15 is 0 Å². The summed E-state index contributed by atoms with van der Waals surface area (Å²) >= 11 is 2.08. The molecule has 0 spiro atoms. The van der Waals surface area contributed by atoms with Crippen molar-refractivity contribution in [3.05, 3.63) is 29.8 Å². The molecule has 94 valence electrons. The van der Waals surface area contributed by atoms with E-state index < -0.39 is 0 Å². The van der Waals surface area contributed by atoms with Crippen LogP contribution in [0.4, 0.5) is 5.69 Å². The summed E-state index contributed by atoms with van der Waals surface area (Å²) in [5.74, 6) is 1.25. The molecule has 0 amide bonds. The molecule has 1 heterocycles. The van der Waals surface area contributed by atoms with Crippen molar-refractivity contribution < 1.29 is 0 Å². The van der Waals surface area contributed by atoms with Crippen LogP contribution in [0.2, 0.25) is 0 Å². The van der Waals surface area contributed by atoms with Crippen molar-refractivity contribution in [2.24, 2.45) is 0 Å². The molecule has 2 nitrogen and oxygen atoms in total. The Bertz CT molecular complexity index is 337. The highest BCUT2D eigenvalue weighted by atomic mass is 32.2. The van der Waals surface area contributed by atoms with Gasteiger partial charge in [-0.2, -0.15) is 11.8 Å². The third-order valence-electron chi connectivity index (χ3n) is 3.12. The molecule has 1 aliphatic heterocycles. The maximum atomic E-state index is 3.35. The molecular weight excluding hydrogens is 228 g/mol. The van der Waals surface area contributed by atoms with Gasteiger partial charge in [0, 0.05) is 36.3 Å². The van der Waals surface area contributed by atoms with Gasteiger partial charge in [-0.1, -0.05) is 26.0 Å². The van der Waals surface area contributed by atoms with Crippen LogP contribution < -0.4 is 10.2 Å². The molecule has 1 N–H and O–H groups in total. The van der Waals surface area contributed by atoms with Crippen molar-refractivity contribution in [1.82, 2.24) is 5.32 Å². The number of anilines is 1. The van der Waals surface area contributed by atoms with E-state index in [1.807, 2.05) is 0 Å². The Hall–Kier alpha value is -0.670. The van der Waals surface area contributed by atoms with Gasteiger partial charge in [-0.3, -0.25) is 0 Å². The average molecular weight is 250 g/mol. The molecule has 1 fully saturated rings. The maximum absolute atomic E-state index is 3.35. The van der Waals surface area contributed by atoms with Crippen molar-refractivity contribution in [3.63, 3.8) is 0 Å². The Balaban J connectivity index is 1.96. The smallest absolute Gasteiger partial charge is 0.0367 e. The normalized spacial score (nSPS) is 20.6. The highest BCUT2D eigenvalue weighted by Gasteiger charge is 2.16. The van der Waals surface area contributed by atoms with E-state index in [1.165, 1.54) is 30.1 Å². The van der Waals surface area contributed by atoms with E-state index in [0.29, 0.717) is 0 Å². The molecule has 1 atom stereocenters. The fourth-order valence-corrected chi connectivity index (χ4v) is 3.16. The summed E-state index contributed by atoms with van der Waals surface area (Å²) in [7, 11) is 0. The first-order chi connectivity index (χ1) is 8.29. The van der Waals surface area contributed by atoms with Gasteiger partial charge < -0.3 is 10.2 Å². The number of thioether (sulfide) groups is 1. The van der Waals surface area contributed by atoms with E-state index in [0.717, 1.165) is 18.3 Å². The second kappa shape index (κ2) is 6.31. The second-order valence-electron chi connectivity index (χ2n) is 4.57. The standard InChI is InChI=1S/C14H22N2S/c1-3-15-10-13-4-6-14(7-5-13)16-8-9-17-12(2)11-16/h4-7,12,15H,3,8-11H2,1-2H3. The third kappa shape index (κ3) is 3.65. The van der Waals surface area contributed by atoms with Crippen molar-refractivity contribution in [2.45, 2.75) is 25.6 Å². The predicted octanol–water partition coefficient (Wildman–Crippen LogP) is 2.74. The SMILES string of the molecule is CCNCc1ccc(N2CCSC(C)C2)cc1. The molecular formula is C14H22N2S. The molecule has 1 unspecified atom stereocenters. The van der Waals surface area contributed by atoms with Crippen molar-refractivity contribution in [3.8, 4) is 0 Å². The molecule has 1 aliphatic rings. The van der Waals surface area contributed by atoms with Gasteiger partial charge in [-0.15, -0.1) is 0 Å². The van der Waals surface area contributed by atoms with Crippen molar-refractivity contribution >= 4 is 17.4 Å². The molecule has 2 rings (SSSR count). The molecule has 0 aromatic heterocycles. The Kier molecular flexibility index (Phi) is 4.75. The Morgan fingerprint density at radius 2 is 2.12 bits per heavy atom. The molecule has 1 aromatic carbocycles. The number of nitrogens with zero attached hydrogens (tertiary/aromatic N) is 1. The van der Waals surface area contributed by atoms with E-state index in [9.17, 15) is 0 Å². The summed E-state index contributed by atoms with van der Waals surface area (Å²) in [6.07, 6.45) is 0. The highest BCUT2D eigenvalue weighted by Crippen LogP contribution is 2.23. The van der Waals surface area contributed by atoms with E-state index in [1.54, 1.807) is 0 Å². The van der Waals surface area contributed by atoms with Crippen LogP contribution in [0, 0.1) is 0 Å². The quantitative estimate of drug-likeness (QED) is 0.884. The Labute approximate surface area is 109 Å². The minimum Gasteiger partial charge on any atom is -0.370 e. The molecule has 0 radical (unpaired) electrons. The van der Waals surface area contributed by atoms with Gasteiger partial charge in [0.05, 0.1) is 0 Å². The summed E-state index contributed by atoms with van der Waals surface area (Å²) in [4.78, 5) is 2.50. The molecule has 3 heteroatoms. The zero-order valence-corrected chi connectivity index (χ0v) is 11.6. The van der Waals surface area contributed by atoms with Gasteiger partial charge in [0.1, 0.15) is 0 Å². The zero-order chi connectivity index (χ0) is 12.1. The van der Waals surface area contributed by atoms with Crippen LogP contribution in [-0.2, 0) is 6.54 Å². The van der Waals surface area contributed by atoms with Crippen LogP contribution >= 0.6 is 11.8 Å². The zero-order valence-electron chi connectivity index (χ0n) is 10.8. The molecule has 0 saturated carbocycles. The Morgan fingerprint density at radius 1 is 1.35 bits per heavy atom. The lowest BCUT2D eigenvalue weighted by Gasteiger charge is -2.32. The van der Waals surface area contributed by atoms with E-state index in [2.05, 4.69) is 60.1 Å². The van der Waals surface area contributed by atoms with Crippen LogP contribution in [0.5, 0.6) is 0 Å². The molecule has 17 heavy (non-hydrogen) atoms. The number of hydrogen-bond donors (Lipinski definition) is 1. The topological polar surface area (TPSA) is 15.3 Å². The third-order valence-corrected chi connectivity index (χ3v) is 4.26. The minimum atomic E-state index is 0.755. The largest absolute Gasteiger partial charge is 0.370 e. The van der Waals surface area contributed by atoms with Crippen LogP contribution in [0.25, 0.3) is 0 Å². The van der Waals surface area contributed by atoms with Gasteiger partial charge in [-0.05, 0) is 24.2 Å². The lowest BCUT2D eigenvalue weighted by atomic mass is 10.2.